The topological polar surface area (TPSA) is 88.7 Å². The quantitative estimate of drug-likeness (QED) is 0.480. The lowest BCUT2D eigenvalue weighted by atomic mass is 9.79. The van der Waals surface area contributed by atoms with Crippen molar-refractivity contribution >= 4 is 40.7 Å². The average Bonchev–Trinajstić information content (AvgIpc) is 3.30. The van der Waals surface area contributed by atoms with E-state index in [0.29, 0.717) is 22.5 Å². The number of benzene rings is 1. The Morgan fingerprint density at radius 3 is 2.03 bits per heavy atom. The molecule has 0 radical (unpaired) electrons. The van der Waals surface area contributed by atoms with Crippen LogP contribution in [0.4, 0.5) is 5.00 Å². The lowest BCUT2D eigenvalue weighted by Crippen LogP contribution is -2.55. The van der Waals surface area contributed by atoms with Gasteiger partial charge in [-0.3, -0.25) is 9.59 Å². The highest BCUT2D eigenvalue weighted by Crippen LogP contribution is 2.46. The van der Waals surface area contributed by atoms with E-state index < -0.39 is 18.3 Å². The van der Waals surface area contributed by atoms with Crippen molar-refractivity contribution in [2.45, 2.75) is 109 Å². The minimum Gasteiger partial charge on any atom is -0.399 e. The van der Waals surface area contributed by atoms with E-state index in [4.69, 9.17) is 9.31 Å². The van der Waals surface area contributed by atoms with E-state index in [0.717, 1.165) is 28.7 Å². The Hall–Kier alpha value is -2.20. The molecule has 2 aliphatic heterocycles. The highest BCUT2D eigenvalue weighted by atomic mass is 32.1. The van der Waals surface area contributed by atoms with Gasteiger partial charge in [-0.25, -0.2) is 0 Å². The van der Waals surface area contributed by atoms with Crippen LogP contribution in [0.1, 0.15) is 106 Å². The lowest BCUT2D eigenvalue weighted by molar-refractivity contribution is 0.00578. The van der Waals surface area contributed by atoms with Crippen molar-refractivity contribution in [3.63, 3.8) is 0 Å². The van der Waals surface area contributed by atoms with E-state index in [9.17, 15) is 9.59 Å². The molecule has 2 aromatic rings. The highest BCUT2D eigenvalue weighted by molar-refractivity contribution is 7.17. The zero-order valence-corrected chi connectivity index (χ0v) is 24.9. The molecule has 3 heterocycles. The van der Waals surface area contributed by atoms with E-state index in [2.05, 4.69) is 50.6 Å². The minimum absolute atomic E-state index is 0.109. The summed E-state index contributed by atoms with van der Waals surface area (Å²) in [5.74, 6) is -0.358. The first-order valence-electron chi connectivity index (χ1n) is 13.5. The summed E-state index contributed by atoms with van der Waals surface area (Å²) < 4.78 is 12.3. The monoisotopic (exact) mass is 537 g/mol. The van der Waals surface area contributed by atoms with Crippen molar-refractivity contribution in [3.05, 3.63) is 45.8 Å². The molecule has 9 heteroatoms. The van der Waals surface area contributed by atoms with Crippen LogP contribution in [0, 0.1) is 0 Å². The van der Waals surface area contributed by atoms with Gasteiger partial charge in [-0.2, -0.15) is 0 Å². The molecule has 1 aromatic heterocycles. The summed E-state index contributed by atoms with van der Waals surface area (Å²) in [5.41, 5.74) is 1.47. The molecular formula is C29H40BN3O4S. The van der Waals surface area contributed by atoms with Crippen LogP contribution in [0.15, 0.2) is 24.3 Å². The van der Waals surface area contributed by atoms with E-state index in [1.54, 1.807) is 12.1 Å². The second-order valence-corrected chi connectivity index (χ2v) is 14.6. The largest absolute Gasteiger partial charge is 0.494 e. The van der Waals surface area contributed by atoms with Gasteiger partial charge in [0, 0.05) is 27.1 Å². The summed E-state index contributed by atoms with van der Waals surface area (Å²) in [6, 6.07) is 7.30. The summed E-state index contributed by atoms with van der Waals surface area (Å²) >= 11 is 1.50. The van der Waals surface area contributed by atoms with Crippen LogP contribution in [-0.4, -0.2) is 41.2 Å². The normalized spacial score (nSPS) is 23.4. The Labute approximate surface area is 230 Å². The van der Waals surface area contributed by atoms with Crippen LogP contribution in [0.25, 0.3) is 0 Å². The molecule has 2 amide bonds. The maximum absolute atomic E-state index is 13.6. The van der Waals surface area contributed by atoms with Crippen molar-refractivity contribution in [3.8, 4) is 0 Å². The summed E-state index contributed by atoms with van der Waals surface area (Å²) in [5, 5.41) is 10.6. The first kappa shape index (κ1) is 27.4. The zero-order chi connectivity index (χ0) is 27.9. The van der Waals surface area contributed by atoms with Crippen LogP contribution >= 0.6 is 11.3 Å². The molecule has 0 spiro atoms. The minimum atomic E-state index is -0.488. The van der Waals surface area contributed by atoms with Gasteiger partial charge < -0.3 is 25.3 Å². The number of anilines is 1. The molecule has 38 heavy (non-hydrogen) atoms. The van der Waals surface area contributed by atoms with Crippen molar-refractivity contribution in [1.82, 2.24) is 10.6 Å². The van der Waals surface area contributed by atoms with E-state index in [1.807, 2.05) is 39.8 Å². The van der Waals surface area contributed by atoms with Crippen LogP contribution < -0.4 is 21.4 Å². The molecule has 0 bridgehead atoms. The second-order valence-electron chi connectivity index (χ2n) is 13.6. The third-order valence-electron chi connectivity index (χ3n) is 8.41. The zero-order valence-electron chi connectivity index (χ0n) is 24.0. The predicted octanol–water partition coefficient (Wildman–Crippen LogP) is 4.74. The predicted molar refractivity (Wildman–Crippen MR) is 153 cm³/mol. The fourth-order valence-electron chi connectivity index (χ4n) is 5.45. The Balaban J connectivity index is 1.42. The third-order valence-corrected chi connectivity index (χ3v) is 9.88. The summed E-state index contributed by atoms with van der Waals surface area (Å²) in [6.45, 7) is 18.7. The maximum atomic E-state index is 13.6. The first-order chi connectivity index (χ1) is 17.4. The second kappa shape index (κ2) is 8.65. The van der Waals surface area contributed by atoms with Crippen molar-refractivity contribution in [2.24, 2.45) is 0 Å². The molecule has 0 atom stereocenters. The molecule has 0 unspecified atom stereocenters. The van der Waals surface area contributed by atoms with Crippen LogP contribution in [0.2, 0.25) is 0 Å². The fourth-order valence-corrected chi connectivity index (χ4v) is 6.72. The van der Waals surface area contributed by atoms with Crippen molar-refractivity contribution in [2.75, 3.05) is 5.32 Å². The molecule has 1 saturated carbocycles. The van der Waals surface area contributed by atoms with Gasteiger partial charge in [0.1, 0.15) is 5.00 Å². The van der Waals surface area contributed by atoms with Gasteiger partial charge in [0.15, 0.2) is 0 Å². The number of carbonyl (C=O) groups excluding carboxylic acids is 2. The number of rotatable bonds is 5. The van der Waals surface area contributed by atoms with E-state index in [-0.39, 0.29) is 28.4 Å². The summed E-state index contributed by atoms with van der Waals surface area (Å²) in [4.78, 5) is 28.1. The molecule has 204 valence electrons. The van der Waals surface area contributed by atoms with E-state index >= 15 is 0 Å². The number of amides is 2. The molecule has 2 fully saturated rings. The molecule has 3 N–H and O–H groups in total. The maximum Gasteiger partial charge on any atom is 0.494 e. The van der Waals surface area contributed by atoms with Gasteiger partial charge in [0.25, 0.3) is 11.8 Å². The molecule has 1 aliphatic carbocycles. The Morgan fingerprint density at radius 1 is 0.895 bits per heavy atom. The average molecular weight is 538 g/mol. The van der Waals surface area contributed by atoms with Gasteiger partial charge in [-0.1, -0.05) is 12.1 Å². The summed E-state index contributed by atoms with van der Waals surface area (Å²) in [7, 11) is -0.488. The molecule has 3 aliphatic rings. The third kappa shape index (κ3) is 4.94. The molecule has 1 saturated heterocycles. The molecular weight excluding hydrogens is 497 g/mol. The van der Waals surface area contributed by atoms with Gasteiger partial charge in [-0.05, 0) is 105 Å². The van der Waals surface area contributed by atoms with Gasteiger partial charge >= 0.3 is 7.12 Å². The van der Waals surface area contributed by atoms with E-state index in [1.165, 1.54) is 11.3 Å². The van der Waals surface area contributed by atoms with Crippen molar-refractivity contribution in [1.29, 1.82) is 0 Å². The lowest BCUT2D eigenvalue weighted by Gasteiger charge is -2.42. The number of thiophene rings is 1. The number of carbonyl (C=O) groups is 2. The number of hydrogen-bond donors (Lipinski definition) is 3. The first-order valence-corrected chi connectivity index (χ1v) is 14.3. The molecule has 5 rings (SSSR count). The Kier molecular flexibility index (Phi) is 6.23. The Bertz CT molecular complexity index is 1280. The van der Waals surface area contributed by atoms with Crippen LogP contribution in [-0.2, 0) is 21.3 Å². The highest BCUT2D eigenvalue weighted by Gasteiger charge is 2.51. The van der Waals surface area contributed by atoms with Gasteiger partial charge in [-0.15, -0.1) is 11.3 Å². The standard InChI is InChI=1S/C29H40BN3O4S/c1-25(2)16-19-20(23(35)32-29(9)14-15-29)24(38-21(19)26(3,4)33-25)31-22(34)17-10-12-18(13-11-17)30-36-27(5,6)28(7,8)37-30/h10-13,33H,14-16H2,1-9H3,(H,31,34)(H,32,35). The molecule has 1 aromatic carbocycles. The van der Waals surface area contributed by atoms with Crippen molar-refractivity contribution < 1.29 is 18.9 Å². The number of fused-ring (bicyclic) bond motifs is 1. The Morgan fingerprint density at radius 2 is 1.47 bits per heavy atom. The number of hydrogen-bond acceptors (Lipinski definition) is 6. The number of nitrogens with one attached hydrogen (secondary N) is 3. The van der Waals surface area contributed by atoms with Gasteiger partial charge in [0.2, 0.25) is 0 Å². The summed E-state index contributed by atoms with van der Waals surface area (Å²) in [6.07, 6.45) is 2.65. The van der Waals surface area contributed by atoms with Crippen LogP contribution in [0.5, 0.6) is 0 Å². The fraction of sp³-hybridized carbons (Fsp3) is 0.586. The smallest absolute Gasteiger partial charge is 0.399 e. The van der Waals surface area contributed by atoms with Crippen LogP contribution in [0.3, 0.4) is 0 Å². The SMILES string of the molecule is CC1(C)Cc2c(sc(NC(=O)c3ccc(B4OC(C)(C)C(C)(C)O4)cc3)c2C(=O)NC2(C)CC2)C(C)(C)N1. The molecule has 7 nitrogen and oxygen atoms in total. The van der Waals surface area contributed by atoms with Gasteiger partial charge in [0.05, 0.1) is 16.8 Å².